The fourth-order valence-corrected chi connectivity index (χ4v) is 2.69. The predicted molar refractivity (Wildman–Crippen MR) is 65.5 cm³/mol. The van der Waals surface area contributed by atoms with Gasteiger partial charge in [0, 0.05) is 12.0 Å². The topological polar surface area (TPSA) is 75.3 Å². The number of aliphatic hydroxyl groups is 1. The number of rotatable bonds is 2. The van der Waals surface area contributed by atoms with Crippen LogP contribution < -0.4 is 11.1 Å². The van der Waals surface area contributed by atoms with Gasteiger partial charge in [-0.25, -0.2) is 0 Å². The molecular formula is C13H15F3N2O2. The summed E-state index contributed by atoms with van der Waals surface area (Å²) in [5, 5.41) is 12.5. The normalized spacial score (nSPS) is 34.1. The lowest BCUT2D eigenvalue weighted by Crippen LogP contribution is -2.59. The molecule has 0 saturated carbocycles. The van der Waals surface area contributed by atoms with Crippen molar-refractivity contribution in [3.63, 3.8) is 0 Å². The van der Waals surface area contributed by atoms with Crippen molar-refractivity contribution in [2.45, 2.75) is 36.7 Å². The number of nitrogens with one attached hydrogen (secondary N) is 1. The molecule has 1 saturated heterocycles. The second-order valence-corrected chi connectivity index (χ2v) is 5.28. The first-order valence-corrected chi connectivity index (χ1v) is 6.02. The maximum atomic E-state index is 13.1. The molecule has 1 aliphatic rings. The highest BCUT2D eigenvalue weighted by Crippen LogP contribution is 2.47. The van der Waals surface area contributed by atoms with Crippen LogP contribution in [-0.4, -0.2) is 28.8 Å². The molecule has 1 heterocycles. The Kier molecular flexibility index (Phi) is 3.30. The molecule has 4 nitrogen and oxygen atoms in total. The molecular weight excluding hydrogens is 273 g/mol. The molecule has 0 bridgehead atoms. The number of carbonyl (C=O) groups is 1. The molecule has 1 aromatic rings. The highest BCUT2D eigenvalue weighted by molar-refractivity contribution is 5.82. The van der Waals surface area contributed by atoms with Gasteiger partial charge in [-0.05, 0) is 12.5 Å². The van der Waals surface area contributed by atoms with Crippen LogP contribution in [0, 0.1) is 0 Å². The first kappa shape index (κ1) is 14.8. The van der Waals surface area contributed by atoms with Crippen LogP contribution in [0.25, 0.3) is 0 Å². The number of halogens is 3. The van der Waals surface area contributed by atoms with Crippen molar-refractivity contribution in [2.75, 3.05) is 0 Å². The van der Waals surface area contributed by atoms with Gasteiger partial charge in [-0.3, -0.25) is 10.1 Å². The smallest absolute Gasteiger partial charge is 0.379 e. The van der Waals surface area contributed by atoms with Crippen LogP contribution in [-0.2, 0) is 10.3 Å². The third-order valence-electron chi connectivity index (χ3n) is 3.75. The average Bonchev–Trinajstić information content (AvgIpc) is 2.65. The van der Waals surface area contributed by atoms with Crippen molar-refractivity contribution in [3.8, 4) is 0 Å². The average molecular weight is 288 g/mol. The summed E-state index contributed by atoms with van der Waals surface area (Å²) in [5.74, 6) is -1.23. The van der Waals surface area contributed by atoms with Crippen molar-refractivity contribution in [1.29, 1.82) is 0 Å². The monoisotopic (exact) mass is 288 g/mol. The summed E-state index contributed by atoms with van der Waals surface area (Å²) in [6.45, 7) is 1.50. The second-order valence-electron chi connectivity index (χ2n) is 5.28. The van der Waals surface area contributed by atoms with Gasteiger partial charge in [0.1, 0.15) is 6.04 Å². The highest BCUT2D eigenvalue weighted by atomic mass is 19.4. The quantitative estimate of drug-likeness (QED) is 0.761. The predicted octanol–water partition coefficient (Wildman–Crippen LogP) is 1.04. The summed E-state index contributed by atoms with van der Waals surface area (Å²) in [5.41, 5.74) is 1.19. The van der Waals surface area contributed by atoms with Crippen molar-refractivity contribution >= 4 is 5.91 Å². The van der Waals surface area contributed by atoms with Gasteiger partial charge in [-0.2, -0.15) is 13.2 Å². The molecule has 0 aliphatic carbocycles. The lowest BCUT2D eigenvalue weighted by Gasteiger charge is -2.30. The van der Waals surface area contributed by atoms with Crippen molar-refractivity contribution in [2.24, 2.45) is 5.73 Å². The maximum Gasteiger partial charge on any atom is 0.419 e. The Labute approximate surface area is 113 Å². The Bertz CT molecular complexity index is 520. The van der Waals surface area contributed by atoms with Gasteiger partial charge < -0.3 is 10.8 Å². The largest absolute Gasteiger partial charge is 0.419 e. The molecule has 1 aliphatic heterocycles. The summed E-state index contributed by atoms with van der Waals surface area (Å²) in [4.78, 5) is 11.3. The van der Waals surface area contributed by atoms with Gasteiger partial charge in [0.2, 0.25) is 5.91 Å². The van der Waals surface area contributed by atoms with Gasteiger partial charge in [-0.1, -0.05) is 30.3 Å². The second kappa shape index (κ2) is 4.46. The van der Waals surface area contributed by atoms with E-state index in [-0.39, 0.29) is 0 Å². The van der Waals surface area contributed by atoms with Gasteiger partial charge in [-0.15, -0.1) is 0 Å². The zero-order valence-electron chi connectivity index (χ0n) is 10.7. The molecule has 0 aromatic heterocycles. The van der Waals surface area contributed by atoms with Crippen molar-refractivity contribution in [3.05, 3.63) is 35.9 Å². The number of carbonyl (C=O) groups excluding carboxylic acids is 1. The zero-order chi connectivity index (χ0) is 15.2. The van der Waals surface area contributed by atoms with Crippen molar-refractivity contribution < 1.29 is 23.1 Å². The van der Waals surface area contributed by atoms with E-state index in [1.807, 2.05) is 0 Å². The Morgan fingerprint density at radius 3 is 2.35 bits per heavy atom. The molecule has 110 valence electrons. The molecule has 3 atom stereocenters. The molecule has 0 radical (unpaired) electrons. The van der Waals surface area contributed by atoms with E-state index in [0.717, 1.165) is 0 Å². The fraction of sp³-hybridized carbons (Fsp3) is 0.462. The van der Waals surface area contributed by atoms with E-state index in [2.05, 4.69) is 5.32 Å². The summed E-state index contributed by atoms with van der Waals surface area (Å²) < 4.78 is 39.4. The van der Waals surface area contributed by atoms with E-state index in [0.29, 0.717) is 5.56 Å². The summed E-state index contributed by atoms with van der Waals surface area (Å²) in [6, 6.07) is 6.45. The van der Waals surface area contributed by atoms with Crippen LogP contribution in [0.3, 0.4) is 0 Å². The van der Waals surface area contributed by atoms with E-state index in [9.17, 15) is 23.1 Å². The zero-order valence-corrected chi connectivity index (χ0v) is 10.7. The first-order chi connectivity index (χ1) is 9.10. The molecule has 1 amide bonds. The highest BCUT2D eigenvalue weighted by Gasteiger charge is 2.67. The van der Waals surface area contributed by atoms with Gasteiger partial charge in [0.25, 0.3) is 0 Å². The van der Waals surface area contributed by atoms with Gasteiger partial charge in [0.15, 0.2) is 5.60 Å². The van der Waals surface area contributed by atoms with Crippen LogP contribution in [0.5, 0.6) is 0 Å². The number of hydrogen-bond donors (Lipinski definition) is 3. The molecule has 1 aromatic carbocycles. The number of alkyl halides is 3. The number of benzene rings is 1. The fourth-order valence-electron chi connectivity index (χ4n) is 2.69. The summed E-state index contributed by atoms with van der Waals surface area (Å²) in [6.07, 6.45) is -5.63. The van der Waals surface area contributed by atoms with Crippen LogP contribution in [0.15, 0.2) is 30.3 Å². The summed E-state index contributed by atoms with van der Waals surface area (Å²) >= 11 is 0. The van der Waals surface area contributed by atoms with Crippen LogP contribution >= 0.6 is 0 Å². The third kappa shape index (κ3) is 2.16. The maximum absolute atomic E-state index is 13.1. The van der Waals surface area contributed by atoms with E-state index in [1.54, 1.807) is 30.3 Å². The number of hydrogen-bond acceptors (Lipinski definition) is 3. The molecule has 7 heteroatoms. The minimum absolute atomic E-state index is 0.548. The van der Waals surface area contributed by atoms with E-state index in [1.165, 1.54) is 6.92 Å². The first-order valence-electron chi connectivity index (χ1n) is 6.02. The van der Waals surface area contributed by atoms with E-state index in [4.69, 9.17) is 5.73 Å². The van der Waals surface area contributed by atoms with Crippen LogP contribution in [0.4, 0.5) is 13.2 Å². The molecule has 1 fully saturated rings. The summed E-state index contributed by atoms with van der Waals surface area (Å²) in [7, 11) is 0. The Balaban J connectivity index is 2.46. The SMILES string of the molecule is CC1(c2ccccc2)CC(O)(C(F)(F)F)C(C(N)=O)N1. The Morgan fingerprint density at radius 1 is 1.40 bits per heavy atom. The van der Waals surface area contributed by atoms with Crippen molar-refractivity contribution in [1.82, 2.24) is 5.32 Å². The lowest BCUT2D eigenvalue weighted by molar-refractivity contribution is -0.262. The minimum atomic E-state index is -4.95. The van der Waals surface area contributed by atoms with E-state index < -0.39 is 35.7 Å². The minimum Gasteiger partial charge on any atom is -0.379 e. The standard InChI is InChI=1S/C13H15F3N2O2/c1-11(8-5-3-2-4-6-8)7-12(20,13(14,15)16)9(18-11)10(17)19/h2-6,9,18,20H,7H2,1H3,(H2,17,19). The Morgan fingerprint density at radius 2 is 1.95 bits per heavy atom. The van der Waals surface area contributed by atoms with Gasteiger partial charge >= 0.3 is 6.18 Å². The Hall–Kier alpha value is -1.60. The number of nitrogens with two attached hydrogens (primary N) is 1. The third-order valence-corrected chi connectivity index (χ3v) is 3.75. The molecule has 2 rings (SSSR count). The van der Waals surface area contributed by atoms with Crippen LogP contribution in [0.1, 0.15) is 18.9 Å². The lowest BCUT2D eigenvalue weighted by atomic mass is 9.83. The molecule has 0 spiro atoms. The van der Waals surface area contributed by atoms with E-state index >= 15 is 0 Å². The number of primary amides is 1. The number of amides is 1. The molecule has 4 N–H and O–H groups in total. The van der Waals surface area contributed by atoms with Crippen LogP contribution in [0.2, 0.25) is 0 Å². The van der Waals surface area contributed by atoms with Gasteiger partial charge in [0.05, 0.1) is 0 Å². The molecule has 20 heavy (non-hydrogen) atoms. The molecule has 3 unspecified atom stereocenters.